The molecule has 0 aliphatic carbocycles. The molecule has 0 amide bonds. The maximum Gasteiger partial charge on any atom is 0.0458 e. The Labute approximate surface area is 127 Å². The molecule has 0 aliphatic rings. The molecule has 102 valence electrons. The molecular weight excluding hydrogens is 320 g/mol. The molecule has 1 N–H and O–H groups in total. The van der Waals surface area contributed by atoms with Gasteiger partial charge in [-0.3, -0.25) is 4.98 Å². The number of nitrogens with one attached hydrogen (secondary N) is 1. The minimum atomic E-state index is 0.385. The molecular formula is C15H19BrN2S. The van der Waals surface area contributed by atoms with Crippen molar-refractivity contribution in [1.29, 1.82) is 0 Å². The fourth-order valence-electron chi connectivity index (χ4n) is 2.12. The highest BCUT2D eigenvalue weighted by atomic mass is 79.9. The maximum absolute atomic E-state index is 4.25. The van der Waals surface area contributed by atoms with Crippen LogP contribution in [0, 0.1) is 6.92 Å². The van der Waals surface area contributed by atoms with Crippen LogP contribution in [0.3, 0.4) is 0 Å². The van der Waals surface area contributed by atoms with Crippen molar-refractivity contribution in [3.05, 3.63) is 50.4 Å². The van der Waals surface area contributed by atoms with E-state index >= 15 is 0 Å². The van der Waals surface area contributed by atoms with Crippen molar-refractivity contribution in [3.8, 4) is 0 Å². The van der Waals surface area contributed by atoms with E-state index in [1.807, 2.05) is 23.7 Å². The van der Waals surface area contributed by atoms with E-state index in [0.717, 1.165) is 23.9 Å². The molecule has 2 rings (SSSR count). The molecule has 1 unspecified atom stereocenters. The van der Waals surface area contributed by atoms with Crippen molar-refractivity contribution in [1.82, 2.24) is 10.3 Å². The highest BCUT2D eigenvalue weighted by Crippen LogP contribution is 2.27. The summed E-state index contributed by atoms with van der Waals surface area (Å²) in [5.41, 5.74) is 2.64. The number of hydrogen-bond acceptors (Lipinski definition) is 3. The Hall–Kier alpha value is -0.710. The normalized spacial score (nSPS) is 12.6. The van der Waals surface area contributed by atoms with Crippen LogP contribution < -0.4 is 5.32 Å². The molecule has 4 heteroatoms. The van der Waals surface area contributed by atoms with Gasteiger partial charge >= 0.3 is 0 Å². The third-order valence-electron chi connectivity index (χ3n) is 3.06. The average molecular weight is 339 g/mol. The number of hydrogen-bond donors (Lipinski definition) is 1. The average Bonchev–Trinajstić information content (AvgIpc) is 2.81. The Morgan fingerprint density at radius 1 is 1.42 bits per heavy atom. The molecule has 0 spiro atoms. The van der Waals surface area contributed by atoms with Gasteiger partial charge in [0, 0.05) is 27.8 Å². The first kappa shape index (κ1) is 14.7. The van der Waals surface area contributed by atoms with Crippen LogP contribution in [-0.4, -0.2) is 11.5 Å². The molecule has 1 atom stereocenters. The molecule has 2 nitrogen and oxygen atoms in total. The number of pyridine rings is 1. The van der Waals surface area contributed by atoms with Crippen LogP contribution >= 0.6 is 27.3 Å². The van der Waals surface area contributed by atoms with Gasteiger partial charge in [0.1, 0.15) is 0 Å². The monoisotopic (exact) mass is 338 g/mol. The van der Waals surface area contributed by atoms with Gasteiger partial charge in [0.2, 0.25) is 0 Å². The zero-order valence-electron chi connectivity index (χ0n) is 11.3. The van der Waals surface area contributed by atoms with Crippen molar-refractivity contribution in [2.45, 2.75) is 32.7 Å². The Bertz CT molecular complexity index is 524. The Kier molecular flexibility index (Phi) is 5.55. The summed E-state index contributed by atoms with van der Waals surface area (Å²) < 4.78 is 1.04. The van der Waals surface area contributed by atoms with Gasteiger partial charge in [-0.25, -0.2) is 0 Å². The first-order valence-corrected chi connectivity index (χ1v) is 8.24. The number of halogens is 1. The second kappa shape index (κ2) is 7.17. The van der Waals surface area contributed by atoms with Crippen LogP contribution in [0.4, 0.5) is 0 Å². The third kappa shape index (κ3) is 4.13. The lowest BCUT2D eigenvalue weighted by molar-refractivity contribution is 0.534. The minimum Gasteiger partial charge on any atom is -0.309 e. The molecule has 2 aromatic heterocycles. The van der Waals surface area contributed by atoms with Crippen molar-refractivity contribution >= 4 is 27.3 Å². The SMILES string of the molecule is CCCNC(Cc1cncc(Br)c1)c1sccc1C. The molecule has 0 aliphatic heterocycles. The Morgan fingerprint density at radius 2 is 2.26 bits per heavy atom. The van der Waals surface area contributed by atoms with Crippen molar-refractivity contribution in [3.63, 3.8) is 0 Å². The molecule has 2 aromatic rings. The predicted octanol–water partition coefficient (Wildman–Crippen LogP) is 4.50. The largest absolute Gasteiger partial charge is 0.309 e. The van der Waals surface area contributed by atoms with Crippen molar-refractivity contribution in [2.24, 2.45) is 0 Å². The summed E-state index contributed by atoms with van der Waals surface area (Å²) in [6.45, 7) is 5.43. The van der Waals surface area contributed by atoms with Crippen LogP contribution in [0.25, 0.3) is 0 Å². The highest BCUT2D eigenvalue weighted by molar-refractivity contribution is 9.10. The quantitative estimate of drug-likeness (QED) is 0.838. The lowest BCUT2D eigenvalue weighted by Gasteiger charge is -2.18. The second-order valence-corrected chi connectivity index (χ2v) is 6.55. The summed E-state index contributed by atoms with van der Waals surface area (Å²) >= 11 is 5.32. The maximum atomic E-state index is 4.25. The van der Waals surface area contributed by atoms with Gasteiger partial charge in [-0.15, -0.1) is 11.3 Å². The standard InChI is InChI=1S/C15H19BrN2S/c1-3-5-18-14(15-11(2)4-6-19-15)8-12-7-13(16)10-17-9-12/h4,6-7,9-10,14,18H,3,5,8H2,1-2H3. The molecule has 0 saturated heterocycles. The van der Waals surface area contributed by atoms with Gasteiger partial charge in [0.15, 0.2) is 0 Å². The lowest BCUT2D eigenvalue weighted by atomic mass is 10.0. The second-order valence-electron chi connectivity index (χ2n) is 4.69. The van der Waals surface area contributed by atoms with E-state index < -0.39 is 0 Å². The number of thiophene rings is 1. The van der Waals surface area contributed by atoms with Gasteiger partial charge in [-0.2, -0.15) is 0 Å². The number of nitrogens with zero attached hydrogens (tertiary/aromatic N) is 1. The summed E-state index contributed by atoms with van der Waals surface area (Å²) in [4.78, 5) is 5.69. The van der Waals surface area contributed by atoms with Crippen LogP contribution in [-0.2, 0) is 6.42 Å². The van der Waals surface area contributed by atoms with Crippen LogP contribution in [0.15, 0.2) is 34.4 Å². The van der Waals surface area contributed by atoms with E-state index in [2.05, 4.69) is 57.6 Å². The number of aromatic nitrogens is 1. The molecule has 0 saturated carbocycles. The summed E-state index contributed by atoms with van der Waals surface area (Å²) in [6.07, 6.45) is 5.91. The summed E-state index contributed by atoms with van der Waals surface area (Å²) in [5, 5.41) is 5.82. The van der Waals surface area contributed by atoms with Gasteiger partial charge in [-0.1, -0.05) is 6.92 Å². The van der Waals surface area contributed by atoms with Crippen LogP contribution in [0.1, 0.15) is 35.4 Å². The van der Waals surface area contributed by atoms with E-state index in [4.69, 9.17) is 0 Å². The van der Waals surface area contributed by atoms with E-state index in [-0.39, 0.29) is 0 Å². The zero-order chi connectivity index (χ0) is 13.7. The molecule has 19 heavy (non-hydrogen) atoms. The lowest BCUT2D eigenvalue weighted by Crippen LogP contribution is -2.24. The highest BCUT2D eigenvalue weighted by Gasteiger charge is 2.15. The fraction of sp³-hybridized carbons (Fsp3) is 0.400. The van der Waals surface area contributed by atoms with Crippen LogP contribution in [0.5, 0.6) is 0 Å². The molecule has 0 fully saturated rings. The molecule has 0 bridgehead atoms. The molecule has 2 heterocycles. The van der Waals surface area contributed by atoms with Gasteiger partial charge in [0.05, 0.1) is 0 Å². The van der Waals surface area contributed by atoms with E-state index in [9.17, 15) is 0 Å². The summed E-state index contributed by atoms with van der Waals surface area (Å²) in [5.74, 6) is 0. The molecule has 0 radical (unpaired) electrons. The smallest absolute Gasteiger partial charge is 0.0458 e. The van der Waals surface area contributed by atoms with E-state index in [1.54, 1.807) is 0 Å². The van der Waals surface area contributed by atoms with Crippen molar-refractivity contribution < 1.29 is 0 Å². The van der Waals surface area contributed by atoms with E-state index in [0.29, 0.717) is 6.04 Å². The van der Waals surface area contributed by atoms with Gasteiger partial charge in [-0.05, 0) is 70.9 Å². The predicted molar refractivity (Wildman–Crippen MR) is 85.7 cm³/mol. The summed E-state index contributed by atoms with van der Waals surface area (Å²) in [7, 11) is 0. The number of aryl methyl sites for hydroxylation is 1. The topological polar surface area (TPSA) is 24.9 Å². The van der Waals surface area contributed by atoms with E-state index in [1.165, 1.54) is 16.0 Å². The minimum absolute atomic E-state index is 0.385. The first-order valence-electron chi connectivity index (χ1n) is 6.57. The third-order valence-corrected chi connectivity index (χ3v) is 4.63. The Balaban J connectivity index is 2.16. The van der Waals surface area contributed by atoms with Gasteiger partial charge < -0.3 is 5.32 Å². The number of rotatable bonds is 6. The molecule has 0 aromatic carbocycles. The van der Waals surface area contributed by atoms with Crippen molar-refractivity contribution in [2.75, 3.05) is 6.54 Å². The fourth-order valence-corrected chi connectivity index (χ4v) is 3.54. The zero-order valence-corrected chi connectivity index (χ0v) is 13.7. The van der Waals surface area contributed by atoms with Gasteiger partial charge in [0.25, 0.3) is 0 Å². The summed E-state index contributed by atoms with van der Waals surface area (Å²) in [6, 6.07) is 4.73. The Morgan fingerprint density at radius 3 is 2.89 bits per heavy atom. The first-order chi connectivity index (χ1) is 9.20. The van der Waals surface area contributed by atoms with Crippen LogP contribution in [0.2, 0.25) is 0 Å².